The largest absolute Gasteiger partial charge is 0.492 e. The first kappa shape index (κ1) is 37.9. The van der Waals surface area contributed by atoms with E-state index in [4.69, 9.17) is 24.4 Å². The molecule has 0 saturated heterocycles. The summed E-state index contributed by atoms with van der Waals surface area (Å²) in [4.78, 5) is 21.8. The van der Waals surface area contributed by atoms with Crippen LogP contribution in [0.25, 0.3) is 12.2 Å². The number of carbonyl (C=O) groups excluding carboxylic acids is 1. The van der Waals surface area contributed by atoms with Gasteiger partial charge in [-0.1, -0.05) is 19.6 Å². The summed E-state index contributed by atoms with van der Waals surface area (Å²) in [6, 6.07) is 19.4. The van der Waals surface area contributed by atoms with Gasteiger partial charge in [-0.25, -0.2) is 18.4 Å². The van der Waals surface area contributed by atoms with E-state index >= 15 is 0 Å². The fraction of sp³-hybridized carbons (Fsp3) is 0.235. The Bertz CT molecular complexity index is 1490. The van der Waals surface area contributed by atoms with Gasteiger partial charge in [0.05, 0.1) is 19.7 Å². The Labute approximate surface area is 262 Å². The highest BCUT2D eigenvalue weighted by Crippen LogP contribution is 2.14. The van der Waals surface area contributed by atoms with E-state index < -0.39 is 5.97 Å². The van der Waals surface area contributed by atoms with Crippen LogP contribution in [-0.2, 0) is 27.4 Å². The van der Waals surface area contributed by atoms with Crippen LogP contribution >= 0.6 is 0 Å². The third kappa shape index (κ3) is 14.7. The highest BCUT2D eigenvalue weighted by Gasteiger charge is 2.02. The second-order valence-corrected chi connectivity index (χ2v) is 8.62. The first-order chi connectivity index (χ1) is 21.3. The number of carboxylic acid groups (broad SMARTS) is 1. The van der Waals surface area contributed by atoms with E-state index in [1.54, 1.807) is 37.3 Å². The van der Waals surface area contributed by atoms with Crippen molar-refractivity contribution in [1.82, 2.24) is 9.13 Å². The number of rotatable bonds is 13. The van der Waals surface area contributed by atoms with Gasteiger partial charge in [-0.15, -0.1) is 0 Å². The van der Waals surface area contributed by atoms with Gasteiger partial charge in [0, 0.05) is 55.2 Å². The summed E-state index contributed by atoms with van der Waals surface area (Å²) in [7, 11) is 1.00. The highest BCUT2D eigenvalue weighted by molar-refractivity contribution is 5.86. The normalized spacial score (nSPS) is 10.2. The molecular formula is C34H40F2N2O7. The van der Waals surface area contributed by atoms with Gasteiger partial charge in [-0.3, -0.25) is 0 Å². The number of aromatic nitrogens is 2. The Hall–Kier alpha value is -5.16. The number of esters is 1. The van der Waals surface area contributed by atoms with E-state index in [0.717, 1.165) is 24.6 Å². The molecule has 0 bridgehead atoms. The van der Waals surface area contributed by atoms with Crippen LogP contribution < -0.4 is 9.47 Å². The minimum absolute atomic E-state index is 0. The van der Waals surface area contributed by atoms with E-state index in [-0.39, 0.29) is 25.0 Å². The third-order valence-corrected chi connectivity index (χ3v) is 5.60. The number of benzene rings is 2. The lowest BCUT2D eigenvalue weighted by atomic mass is 10.3. The zero-order chi connectivity index (χ0) is 32.2. The number of nitrogens with zero attached hydrogens (tertiary/aromatic N) is 2. The van der Waals surface area contributed by atoms with Gasteiger partial charge >= 0.3 is 11.9 Å². The Morgan fingerprint density at radius 2 is 1.22 bits per heavy atom. The third-order valence-electron chi connectivity index (χ3n) is 5.60. The molecule has 4 rings (SSSR count). The van der Waals surface area contributed by atoms with Gasteiger partial charge in [0.2, 0.25) is 0 Å². The predicted molar refractivity (Wildman–Crippen MR) is 170 cm³/mol. The van der Waals surface area contributed by atoms with Gasteiger partial charge in [-0.05, 0) is 67.6 Å². The number of aliphatic carboxylic acids is 1. The van der Waals surface area contributed by atoms with E-state index in [9.17, 15) is 18.4 Å². The van der Waals surface area contributed by atoms with Crippen molar-refractivity contribution in [2.45, 2.75) is 27.4 Å². The molecule has 11 heteroatoms. The number of aliphatic hydroxyl groups excluding tert-OH is 1. The Kier molecular flexibility index (Phi) is 18.1. The van der Waals surface area contributed by atoms with Gasteiger partial charge in [0.15, 0.2) is 0 Å². The van der Waals surface area contributed by atoms with Crippen LogP contribution in [0.3, 0.4) is 0 Å². The van der Waals surface area contributed by atoms with Crippen molar-refractivity contribution >= 4 is 24.1 Å². The van der Waals surface area contributed by atoms with E-state index in [1.807, 2.05) is 45.8 Å². The molecule has 9 nitrogen and oxygen atoms in total. The van der Waals surface area contributed by atoms with Crippen LogP contribution in [0.15, 0.2) is 97.3 Å². The maximum absolute atomic E-state index is 13.0. The maximum Gasteiger partial charge on any atom is 0.330 e. The minimum atomic E-state index is -0.992. The first-order valence-corrected chi connectivity index (χ1v) is 13.6. The van der Waals surface area contributed by atoms with Crippen molar-refractivity contribution < 1.29 is 42.8 Å². The van der Waals surface area contributed by atoms with Gasteiger partial charge in [0.25, 0.3) is 0 Å². The summed E-state index contributed by atoms with van der Waals surface area (Å²) in [6.07, 6.45) is 9.41. The fourth-order valence-electron chi connectivity index (χ4n) is 3.70. The van der Waals surface area contributed by atoms with Crippen LogP contribution in [0.1, 0.15) is 25.7 Å². The van der Waals surface area contributed by atoms with Crippen molar-refractivity contribution in [2.75, 3.05) is 26.9 Å². The zero-order valence-electron chi connectivity index (χ0n) is 24.5. The predicted octanol–water partition coefficient (Wildman–Crippen LogP) is 6.33. The van der Waals surface area contributed by atoms with Gasteiger partial charge < -0.3 is 33.6 Å². The molecule has 0 unspecified atom stereocenters. The van der Waals surface area contributed by atoms with E-state index in [1.165, 1.54) is 36.4 Å². The van der Waals surface area contributed by atoms with Crippen LogP contribution in [0.5, 0.6) is 11.5 Å². The molecule has 0 amide bonds. The standard InChI is InChI=1S/C17H18FNO3.C15H14FNO3.CH4O.CH4/c1-2-21-17(20)9-8-15-6-4-10-19(15)11-12-22-16-7-3-5-14(18)13-16;16-12-3-1-5-14(11-12)20-10-9-17-8-2-4-13(17)6-7-15(18)19;1-2;/h3-10,13H,2,11-12H2,1H3;1-8,11H,9-10H2,(H,18,19);2H,1H3;1H4/b9-8+;7-6+;;. The Balaban J connectivity index is 0.000000419. The van der Waals surface area contributed by atoms with Crippen molar-refractivity contribution in [3.63, 3.8) is 0 Å². The number of hydrogen-bond acceptors (Lipinski definition) is 6. The lowest BCUT2D eigenvalue weighted by Gasteiger charge is -2.09. The summed E-state index contributed by atoms with van der Waals surface area (Å²) in [5, 5.41) is 15.6. The summed E-state index contributed by atoms with van der Waals surface area (Å²) in [6.45, 7) is 4.02. The maximum atomic E-state index is 13.0. The molecule has 2 heterocycles. The topological polar surface area (TPSA) is 112 Å². The molecule has 0 aliphatic carbocycles. The fourth-order valence-corrected chi connectivity index (χ4v) is 3.70. The molecule has 0 spiro atoms. The Morgan fingerprint density at radius 3 is 1.64 bits per heavy atom. The second-order valence-electron chi connectivity index (χ2n) is 8.62. The quantitative estimate of drug-likeness (QED) is 0.132. The average molecular weight is 627 g/mol. The van der Waals surface area contributed by atoms with Crippen LogP contribution in [0, 0.1) is 11.6 Å². The van der Waals surface area contributed by atoms with Crippen LogP contribution in [-0.4, -0.2) is 58.2 Å². The molecule has 0 atom stereocenters. The van der Waals surface area contributed by atoms with Crippen molar-refractivity contribution in [3.8, 4) is 11.5 Å². The SMILES string of the molecule is C.CCOC(=O)/C=C/c1cccn1CCOc1cccc(F)c1.CO.O=C(O)/C=C/c1cccn1CCOc1cccc(F)c1. The number of ether oxygens (including phenoxy) is 3. The van der Waals surface area contributed by atoms with E-state index in [2.05, 4.69) is 0 Å². The molecule has 45 heavy (non-hydrogen) atoms. The number of aliphatic hydroxyl groups is 1. The minimum Gasteiger partial charge on any atom is -0.492 e. The van der Waals surface area contributed by atoms with Gasteiger partial charge in [0.1, 0.15) is 36.3 Å². The van der Waals surface area contributed by atoms with Crippen LogP contribution in [0.2, 0.25) is 0 Å². The molecule has 242 valence electrons. The molecule has 0 aliphatic rings. The molecular weight excluding hydrogens is 586 g/mol. The summed E-state index contributed by atoms with van der Waals surface area (Å²) in [5.74, 6) is -1.05. The number of hydrogen-bond donors (Lipinski definition) is 2. The smallest absolute Gasteiger partial charge is 0.330 e. The van der Waals surface area contributed by atoms with Crippen LogP contribution in [0.4, 0.5) is 8.78 Å². The lowest BCUT2D eigenvalue weighted by Crippen LogP contribution is -2.08. The monoisotopic (exact) mass is 626 g/mol. The molecule has 2 aromatic heterocycles. The lowest BCUT2D eigenvalue weighted by molar-refractivity contribution is -0.137. The highest BCUT2D eigenvalue weighted by atomic mass is 19.1. The summed E-state index contributed by atoms with van der Waals surface area (Å²) in [5.41, 5.74) is 1.64. The zero-order valence-corrected chi connectivity index (χ0v) is 24.5. The van der Waals surface area contributed by atoms with Crippen molar-refractivity contribution in [3.05, 3.63) is 120 Å². The van der Waals surface area contributed by atoms with Crippen molar-refractivity contribution in [2.24, 2.45) is 0 Å². The molecule has 4 aromatic rings. The second kappa shape index (κ2) is 21.5. The molecule has 0 fully saturated rings. The molecule has 0 radical (unpaired) electrons. The summed E-state index contributed by atoms with van der Waals surface area (Å²) < 4.78 is 45.6. The van der Waals surface area contributed by atoms with E-state index in [0.29, 0.717) is 44.4 Å². The average Bonchev–Trinajstić information content (AvgIpc) is 3.66. The number of carbonyl (C=O) groups is 2. The van der Waals surface area contributed by atoms with Gasteiger partial charge in [-0.2, -0.15) is 0 Å². The molecule has 0 aliphatic heterocycles. The summed E-state index contributed by atoms with van der Waals surface area (Å²) >= 11 is 0. The van der Waals surface area contributed by atoms with Crippen molar-refractivity contribution in [1.29, 1.82) is 0 Å². The molecule has 0 saturated carbocycles. The Morgan fingerprint density at radius 1 is 0.756 bits per heavy atom. The number of halogens is 2. The molecule has 2 aromatic carbocycles. The first-order valence-electron chi connectivity index (χ1n) is 13.6. The number of carboxylic acids is 1. The molecule has 2 N–H and O–H groups in total.